The van der Waals surface area contributed by atoms with Crippen molar-refractivity contribution in [2.75, 3.05) is 12.4 Å². The van der Waals surface area contributed by atoms with Gasteiger partial charge >= 0.3 is 0 Å². The lowest BCUT2D eigenvalue weighted by molar-refractivity contribution is 0.417. The summed E-state index contributed by atoms with van der Waals surface area (Å²) < 4.78 is 5.49. The molecule has 0 unspecified atom stereocenters. The minimum Gasteiger partial charge on any atom is -0.495 e. The standard InChI is InChI=1S/C20H19ClN2O/c1-24-19-9-5-4-8-18(19)23-20-14-6-2-3-7-16(14)22-17-11-10-13(21)12-15(17)20/h4-5,8-12H,2-3,6-7H2,1H3,(H,22,23). The number of aromatic nitrogens is 1. The van der Waals surface area contributed by atoms with Crippen LogP contribution in [0.1, 0.15) is 24.1 Å². The quantitative estimate of drug-likeness (QED) is 0.682. The van der Waals surface area contributed by atoms with Gasteiger partial charge < -0.3 is 10.1 Å². The molecule has 0 spiro atoms. The molecule has 4 rings (SSSR count). The Labute approximate surface area is 146 Å². The Morgan fingerprint density at radius 1 is 1.08 bits per heavy atom. The molecule has 3 nitrogen and oxygen atoms in total. The third-order valence-corrected chi connectivity index (χ3v) is 4.83. The Bertz CT molecular complexity index is 908. The molecule has 4 heteroatoms. The molecule has 1 heterocycles. The number of fused-ring (bicyclic) bond motifs is 2. The SMILES string of the molecule is COc1ccccc1Nc1c2c(nc3ccc(Cl)cc13)CCCC2. The van der Waals surface area contributed by atoms with Crippen molar-refractivity contribution in [1.82, 2.24) is 4.98 Å². The number of nitrogens with zero attached hydrogens (tertiary/aromatic N) is 1. The van der Waals surface area contributed by atoms with Crippen LogP contribution in [0, 0.1) is 0 Å². The van der Waals surface area contributed by atoms with Crippen LogP contribution in [-0.2, 0) is 12.8 Å². The number of methoxy groups -OCH3 is 1. The van der Waals surface area contributed by atoms with Crippen LogP contribution in [0.2, 0.25) is 5.02 Å². The van der Waals surface area contributed by atoms with Crippen molar-refractivity contribution in [3.8, 4) is 5.75 Å². The number of hydrogen-bond acceptors (Lipinski definition) is 3. The summed E-state index contributed by atoms with van der Waals surface area (Å²) in [5.41, 5.74) is 5.56. The molecule has 1 aliphatic carbocycles. The maximum absolute atomic E-state index is 6.26. The minimum absolute atomic E-state index is 0.725. The summed E-state index contributed by atoms with van der Waals surface area (Å²) in [7, 11) is 1.69. The van der Waals surface area contributed by atoms with E-state index in [0.717, 1.165) is 45.9 Å². The number of pyridine rings is 1. The highest BCUT2D eigenvalue weighted by Crippen LogP contribution is 2.38. The zero-order chi connectivity index (χ0) is 16.5. The van der Waals surface area contributed by atoms with Gasteiger partial charge in [0.05, 0.1) is 24.0 Å². The molecule has 0 bridgehead atoms. The van der Waals surface area contributed by atoms with E-state index in [1.807, 2.05) is 42.5 Å². The second kappa shape index (κ2) is 6.33. The summed E-state index contributed by atoms with van der Waals surface area (Å²) in [6, 6.07) is 13.9. The molecule has 1 aliphatic rings. The van der Waals surface area contributed by atoms with Crippen LogP contribution >= 0.6 is 11.6 Å². The molecule has 1 N–H and O–H groups in total. The van der Waals surface area contributed by atoms with Crippen molar-refractivity contribution in [2.45, 2.75) is 25.7 Å². The molecule has 0 atom stereocenters. The predicted molar refractivity (Wildman–Crippen MR) is 99.7 cm³/mol. The van der Waals surface area contributed by atoms with Crippen LogP contribution in [0.5, 0.6) is 5.75 Å². The van der Waals surface area contributed by atoms with Gasteiger partial charge in [-0.3, -0.25) is 4.98 Å². The van der Waals surface area contributed by atoms with Crippen LogP contribution in [0.3, 0.4) is 0 Å². The van der Waals surface area contributed by atoms with E-state index < -0.39 is 0 Å². The summed E-state index contributed by atoms with van der Waals surface area (Å²) in [6.45, 7) is 0. The summed E-state index contributed by atoms with van der Waals surface area (Å²) in [6.07, 6.45) is 4.48. The fourth-order valence-corrected chi connectivity index (χ4v) is 3.59. The van der Waals surface area contributed by atoms with Crippen molar-refractivity contribution < 1.29 is 4.74 Å². The molecular weight excluding hydrogens is 320 g/mol. The Balaban J connectivity index is 1.93. The van der Waals surface area contributed by atoms with E-state index in [1.165, 1.54) is 24.1 Å². The highest BCUT2D eigenvalue weighted by atomic mass is 35.5. The highest BCUT2D eigenvalue weighted by Gasteiger charge is 2.19. The van der Waals surface area contributed by atoms with Gasteiger partial charge in [-0.05, 0) is 61.6 Å². The van der Waals surface area contributed by atoms with Gasteiger partial charge in [0.2, 0.25) is 0 Å². The molecule has 1 aromatic heterocycles. The average Bonchev–Trinajstić information content (AvgIpc) is 2.62. The first-order valence-electron chi connectivity index (χ1n) is 8.27. The third-order valence-electron chi connectivity index (χ3n) is 4.59. The molecule has 0 saturated carbocycles. The van der Waals surface area contributed by atoms with Crippen molar-refractivity contribution in [3.05, 3.63) is 58.7 Å². The average molecular weight is 339 g/mol. The number of halogens is 1. The summed E-state index contributed by atoms with van der Waals surface area (Å²) in [5.74, 6) is 0.828. The van der Waals surface area contributed by atoms with Crippen LogP contribution < -0.4 is 10.1 Å². The van der Waals surface area contributed by atoms with E-state index in [1.54, 1.807) is 7.11 Å². The fraction of sp³-hybridized carbons (Fsp3) is 0.250. The molecule has 0 aliphatic heterocycles. The number of rotatable bonds is 3. The van der Waals surface area contributed by atoms with E-state index in [-0.39, 0.29) is 0 Å². The largest absolute Gasteiger partial charge is 0.495 e. The van der Waals surface area contributed by atoms with Crippen molar-refractivity contribution >= 4 is 33.9 Å². The van der Waals surface area contributed by atoms with E-state index in [2.05, 4.69) is 5.32 Å². The van der Waals surface area contributed by atoms with Gasteiger partial charge in [0.15, 0.2) is 0 Å². The number of hydrogen-bond donors (Lipinski definition) is 1. The summed E-state index contributed by atoms with van der Waals surface area (Å²) >= 11 is 6.26. The monoisotopic (exact) mass is 338 g/mol. The molecule has 3 aromatic rings. The molecule has 0 radical (unpaired) electrons. The summed E-state index contributed by atoms with van der Waals surface area (Å²) in [4.78, 5) is 4.87. The fourth-order valence-electron chi connectivity index (χ4n) is 3.42. The van der Waals surface area contributed by atoms with Gasteiger partial charge in [-0.1, -0.05) is 23.7 Å². The van der Waals surface area contributed by atoms with Crippen LogP contribution in [0.4, 0.5) is 11.4 Å². The molecule has 0 amide bonds. The lowest BCUT2D eigenvalue weighted by Gasteiger charge is -2.22. The molecule has 0 saturated heterocycles. The molecule has 24 heavy (non-hydrogen) atoms. The van der Waals surface area contributed by atoms with Crippen LogP contribution in [-0.4, -0.2) is 12.1 Å². The zero-order valence-electron chi connectivity index (χ0n) is 13.6. The maximum atomic E-state index is 6.26. The predicted octanol–water partition coefficient (Wildman–Crippen LogP) is 5.52. The first-order valence-corrected chi connectivity index (χ1v) is 8.65. The Hall–Kier alpha value is -2.26. The van der Waals surface area contributed by atoms with Crippen molar-refractivity contribution in [1.29, 1.82) is 0 Å². The topological polar surface area (TPSA) is 34.1 Å². The number of nitrogens with one attached hydrogen (secondary N) is 1. The van der Waals surface area contributed by atoms with Gasteiger partial charge in [0.25, 0.3) is 0 Å². The van der Waals surface area contributed by atoms with Gasteiger partial charge in [0.1, 0.15) is 5.75 Å². The van der Waals surface area contributed by atoms with E-state index >= 15 is 0 Å². The lowest BCUT2D eigenvalue weighted by atomic mass is 9.92. The highest BCUT2D eigenvalue weighted by molar-refractivity contribution is 6.31. The molecule has 122 valence electrons. The van der Waals surface area contributed by atoms with Crippen molar-refractivity contribution in [3.63, 3.8) is 0 Å². The molecule has 0 fully saturated rings. The van der Waals surface area contributed by atoms with E-state index in [4.69, 9.17) is 21.3 Å². The van der Waals surface area contributed by atoms with Gasteiger partial charge in [-0.25, -0.2) is 0 Å². The lowest BCUT2D eigenvalue weighted by Crippen LogP contribution is -2.10. The van der Waals surface area contributed by atoms with Crippen molar-refractivity contribution in [2.24, 2.45) is 0 Å². The third kappa shape index (κ3) is 2.69. The second-order valence-electron chi connectivity index (χ2n) is 6.11. The first kappa shape index (κ1) is 15.3. The Kier molecular flexibility index (Phi) is 4.03. The normalized spacial score (nSPS) is 13.6. The number of aryl methyl sites for hydroxylation is 1. The van der Waals surface area contributed by atoms with Crippen LogP contribution in [0.25, 0.3) is 10.9 Å². The number of ether oxygens (including phenoxy) is 1. The Morgan fingerprint density at radius 2 is 1.92 bits per heavy atom. The Morgan fingerprint density at radius 3 is 2.79 bits per heavy atom. The number of para-hydroxylation sites is 2. The minimum atomic E-state index is 0.725. The smallest absolute Gasteiger partial charge is 0.142 e. The first-order chi connectivity index (χ1) is 11.8. The molecular formula is C20H19ClN2O. The van der Waals surface area contributed by atoms with E-state index in [9.17, 15) is 0 Å². The van der Waals surface area contributed by atoms with Crippen LogP contribution in [0.15, 0.2) is 42.5 Å². The zero-order valence-corrected chi connectivity index (χ0v) is 14.4. The van der Waals surface area contributed by atoms with E-state index in [0.29, 0.717) is 0 Å². The summed E-state index contributed by atoms with van der Waals surface area (Å²) in [5, 5.41) is 5.39. The number of benzene rings is 2. The van der Waals surface area contributed by atoms with Gasteiger partial charge in [-0.15, -0.1) is 0 Å². The molecule has 2 aromatic carbocycles. The maximum Gasteiger partial charge on any atom is 0.142 e. The van der Waals surface area contributed by atoms with Gasteiger partial charge in [0, 0.05) is 16.1 Å². The van der Waals surface area contributed by atoms with Gasteiger partial charge in [-0.2, -0.15) is 0 Å². The second-order valence-corrected chi connectivity index (χ2v) is 6.54. The number of anilines is 2.